The molecule has 0 N–H and O–H groups in total. The quantitative estimate of drug-likeness (QED) is 0.353. The zero-order chi connectivity index (χ0) is 11.7. The Balaban J connectivity index is 1.87. The zero-order valence-electron chi connectivity index (χ0n) is 11.4. The van der Waals surface area contributed by atoms with Crippen molar-refractivity contribution in [2.45, 2.75) is 90.1 Å². The summed E-state index contributed by atoms with van der Waals surface area (Å²) in [5.74, 6) is 0. The van der Waals surface area contributed by atoms with Gasteiger partial charge in [-0.1, -0.05) is 71.6 Å². The van der Waals surface area contributed by atoms with Gasteiger partial charge >= 0.3 is 0 Å². The molecular weight excluding hydrogens is 196 g/mol. The molecule has 0 radical (unpaired) electrons. The minimum absolute atomic E-state index is 0.347. The number of hydrogen-bond donors (Lipinski definition) is 0. The maximum atomic E-state index is 5.64. The van der Waals surface area contributed by atoms with Crippen molar-refractivity contribution in [2.24, 2.45) is 0 Å². The fourth-order valence-corrected chi connectivity index (χ4v) is 2.42. The van der Waals surface area contributed by atoms with Crippen LogP contribution in [0.5, 0.6) is 0 Å². The molecule has 1 aliphatic heterocycles. The Hall–Kier alpha value is -0.0400. The van der Waals surface area contributed by atoms with Crippen molar-refractivity contribution < 1.29 is 4.74 Å². The zero-order valence-corrected chi connectivity index (χ0v) is 11.4. The molecule has 96 valence electrons. The molecule has 1 heterocycles. The van der Waals surface area contributed by atoms with Gasteiger partial charge in [-0.05, 0) is 12.8 Å². The summed E-state index contributed by atoms with van der Waals surface area (Å²) in [6, 6.07) is 0. The van der Waals surface area contributed by atoms with Crippen LogP contribution in [0.15, 0.2) is 0 Å². The van der Waals surface area contributed by atoms with Crippen molar-refractivity contribution >= 4 is 0 Å². The van der Waals surface area contributed by atoms with E-state index in [9.17, 15) is 0 Å². The van der Waals surface area contributed by atoms with Gasteiger partial charge < -0.3 is 4.74 Å². The van der Waals surface area contributed by atoms with Gasteiger partial charge in [-0.25, -0.2) is 0 Å². The molecule has 0 saturated carbocycles. The molecule has 1 unspecified atom stereocenters. The molecule has 0 amide bonds. The van der Waals surface area contributed by atoms with E-state index < -0.39 is 0 Å². The van der Waals surface area contributed by atoms with Crippen LogP contribution in [0.2, 0.25) is 0 Å². The molecule has 0 aromatic carbocycles. The molecule has 0 spiro atoms. The van der Waals surface area contributed by atoms with Crippen LogP contribution in [0.25, 0.3) is 0 Å². The molecule has 0 aromatic heterocycles. The van der Waals surface area contributed by atoms with E-state index in [1.54, 1.807) is 0 Å². The lowest BCUT2D eigenvalue weighted by Crippen LogP contribution is -2.10. The molecule has 1 atom stereocenters. The topological polar surface area (TPSA) is 12.5 Å². The van der Waals surface area contributed by atoms with E-state index in [-0.39, 0.29) is 0 Å². The van der Waals surface area contributed by atoms with Crippen LogP contribution in [0.3, 0.4) is 0 Å². The van der Waals surface area contributed by atoms with Gasteiger partial charge in [0.05, 0.1) is 12.2 Å². The summed E-state index contributed by atoms with van der Waals surface area (Å²) in [7, 11) is 0. The van der Waals surface area contributed by atoms with Crippen molar-refractivity contribution in [1.29, 1.82) is 0 Å². The molecule has 0 bridgehead atoms. The second kappa shape index (κ2) is 8.11. The lowest BCUT2D eigenvalue weighted by atomic mass is 9.96. The Morgan fingerprint density at radius 2 is 1.25 bits per heavy atom. The molecule has 1 nitrogen and oxygen atoms in total. The Labute approximate surface area is 102 Å². The van der Waals surface area contributed by atoms with Crippen LogP contribution in [-0.4, -0.2) is 12.2 Å². The van der Waals surface area contributed by atoms with E-state index in [1.165, 1.54) is 70.6 Å². The smallest absolute Gasteiger partial charge is 0.0916 e. The number of ether oxygens (including phenoxy) is 1. The van der Waals surface area contributed by atoms with E-state index in [2.05, 4.69) is 13.8 Å². The van der Waals surface area contributed by atoms with E-state index >= 15 is 0 Å². The molecule has 1 heteroatoms. The van der Waals surface area contributed by atoms with Crippen molar-refractivity contribution in [2.75, 3.05) is 6.61 Å². The van der Waals surface area contributed by atoms with E-state index in [4.69, 9.17) is 4.74 Å². The lowest BCUT2D eigenvalue weighted by molar-refractivity contribution is 0.262. The fourth-order valence-electron chi connectivity index (χ4n) is 2.42. The van der Waals surface area contributed by atoms with Crippen LogP contribution in [0.4, 0.5) is 0 Å². The fraction of sp³-hybridized carbons (Fsp3) is 1.00. The Bertz CT molecular complexity index is 161. The molecule has 1 aliphatic rings. The van der Waals surface area contributed by atoms with Gasteiger partial charge in [0.1, 0.15) is 0 Å². The first-order valence-electron chi connectivity index (χ1n) is 7.47. The van der Waals surface area contributed by atoms with E-state index in [0.29, 0.717) is 5.60 Å². The number of epoxide rings is 1. The monoisotopic (exact) mass is 226 g/mol. The second-order valence-electron chi connectivity index (χ2n) is 5.45. The Kier molecular flexibility index (Phi) is 7.11. The highest BCUT2D eigenvalue weighted by atomic mass is 16.6. The average molecular weight is 226 g/mol. The maximum absolute atomic E-state index is 5.64. The molecule has 0 aromatic rings. The SMILES string of the molecule is CCCCCCCCCC1(CCCC)CO1. The van der Waals surface area contributed by atoms with Gasteiger partial charge in [0.25, 0.3) is 0 Å². The van der Waals surface area contributed by atoms with Crippen LogP contribution in [-0.2, 0) is 4.74 Å². The Morgan fingerprint density at radius 3 is 1.81 bits per heavy atom. The highest BCUT2D eigenvalue weighted by molar-refractivity contribution is 4.91. The molecule has 16 heavy (non-hydrogen) atoms. The van der Waals surface area contributed by atoms with Gasteiger partial charge in [-0.15, -0.1) is 0 Å². The lowest BCUT2D eigenvalue weighted by Gasteiger charge is -2.10. The van der Waals surface area contributed by atoms with Crippen LogP contribution < -0.4 is 0 Å². The molecule has 0 aliphatic carbocycles. The van der Waals surface area contributed by atoms with Crippen LogP contribution in [0, 0.1) is 0 Å². The first kappa shape index (κ1) is 14.0. The average Bonchev–Trinajstić information content (AvgIpc) is 3.06. The number of rotatable bonds is 11. The number of unbranched alkanes of at least 4 members (excludes halogenated alkanes) is 7. The minimum Gasteiger partial charge on any atom is -0.370 e. The summed E-state index contributed by atoms with van der Waals surface area (Å²) in [5.41, 5.74) is 0.347. The van der Waals surface area contributed by atoms with E-state index in [1.807, 2.05) is 0 Å². The normalized spacial score (nSPS) is 23.6. The maximum Gasteiger partial charge on any atom is 0.0916 e. The van der Waals surface area contributed by atoms with Crippen LogP contribution >= 0.6 is 0 Å². The minimum atomic E-state index is 0.347. The van der Waals surface area contributed by atoms with Crippen molar-refractivity contribution in [3.8, 4) is 0 Å². The summed E-state index contributed by atoms with van der Waals surface area (Å²) in [6.45, 7) is 5.59. The summed E-state index contributed by atoms with van der Waals surface area (Å²) in [6.07, 6.45) is 15.2. The third kappa shape index (κ3) is 5.89. The van der Waals surface area contributed by atoms with Gasteiger partial charge in [-0.3, -0.25) is 0 Å². The highest BCUT2D eigenvalue weighted by Gasteiger charge is 2.42. The molecular formula is C15H30O. The first-order chi connectivity index (χ1) is 7.83. The predicted octanol–water partition coefficient (Wildman–Crippen LogP) is 5.09. The van der Waals surface area contributed by atoms with Gasteiger partial charge in [0, 0.05) is 0 Å². The first-order valence-corrected chi connectivity index (χ1v) is 7.47. The summed E-state index contributed by atoms with van der Waals surface area (Å²) in [5, 5.41) is 0. The molecule has 1 saturated heterocycles. The van der Waals surface area contributed by atoms with Crippen molar-refractivity contribution in [3.63, 3.8) is 0 Å². The predicted molar refractivity (Wildman–Crippen MR) is 70.8 cm³/mol. The largest absolute Gasteiger partial charge is 0.370 e. The Morgan fingerprint density at radius 1 is 0.750 bits per heavy atom. The van der Waals surface area contributed by atoms with Gasteiger partial charge in [-0.2, -0.15) is 0 Å². The van der Waals surface area contributed by atoms with Crippen LogP contribution in [0.1, 0.15) is 84.5 Å². The van der Waals surface area contributed by atoms with Gasteiger partial charge in [0.15, 0.2) is 0 Å². The summed E-state index contributed by atoms with van der Waals surface area (Å²) in [4.78, 5) is 0. The summed E-state index contributed by atoms with van der Waals surface area (Å²) >= 11 is 0. The third-order valence-corrected chi connectivity index (χ3v) is 3.77. The standard InChI is InChI=1S/C15H30O/c1-3-5-7-8-9-10-11-13-15(14-16-15)12-6-4-2/h3-14H2,1-2H3. The summed E-state index contributed by atoms with van der Waals surface area (Å²) < 4.78 is 5.64. The molecule has 1 rings (SSSR count). The van der Waals surface area contributed by atoms with Crippen molar-refractivity contribution in [3.05, 3.63) is 0 Å². The highest BCUT2D eigenvalue weighted by Crippen LogP contribution is 2.37. The van der Waals surface area contributed by atoms with Gasteiger partial charge in [0.2, 0.25) is 0 Å². The number of hydrogen-bond acceptors (Lipinski definition) is 1. The third-order valence-electron chi connectivity index (χ3n) is 3.77. The second-order valence-corrected chi connectivity index (χ2v) is 5.45. The van der Waals surface area contributed by atoms with E-state index in [0.717, 1.165) is 6.61 Å². The molecule has 1 fully saturated rings. The van der Waals surface area contributed by atoms with Crippen molar-refractivity contribution in [1.82, 2.24) is 0 Å².